The van der Waals surface area contributed by atoms with Gasteiger partial charge in [-0.15, -0.1) is 0 Å². The first-order valence-electron chi connectivity index (χ1n) is 4.62. The molecule has 16 heavy (non-hydrogen) atoms. The van der Waals surface area contributed by atoms with Crippen LogP contribution >= 0.6 is 0 Å². The monoisotopic (exact) mass is 221 g/mol. The molecule has 0 saturated heterocycles. The van der Waals surface area contributed by atoms with Crippen LogP contribution in [-0.4, -0.2) is 28.1 Å². The lowest BCUT2D eigenvalue weighted by atomic mass is 10.2. The van der Waals surface area contributed by atoms with E-state index < -0.39 is 6.09 Å². The molecule has 1 aromatic carbocycles. The molecule has 0 aliphatic carbocycles. The minimum atomic E-state index is -1.10. The Morgan fingerprint density at radius 2 is 2.31 bits per heavy atom. The molecule has 2 aromatic rings. The molecule has 84 valence electrons. The van der Waals surface area contributed by atoms with Crippen molar-refractivity contribution in [1.82, 2.24) is 9.78 Å². The normalized spacial score (nSPS) is 10.4. The van der Waals surface area contributed by atoms with Crippen molar-refractivity contribution in [3.8, 4) is 5.75 Å². The lowest BCUT2D eigenvalue weighted by Crippen LogP contribution is -2.07. The number of benzene rings is 1. The van der Waals surface area contributed by atoms with E-state index in [9.17, 15) is 4.79 Å². The molecule has 0 radical (unpaired) electrons. The predicted molar refractivity (Wildman–Crippen MR) is 58.9 cm³/mol. The first-order chi connectivity index (χ1) is 7.61. The van der Waals surface area contributed by atoms with Crippen molar-refractivity contribution in [2.45, 2.75) is 0 Å². The van der Waals surface area contributed by atoms with Crippen molar-refractivity contribution in [3.63, 3.8) is 0 Å². The molecule has 0 unspecified atom stereocenters. The van der Waals surface area contributed by atoms with Gasteiger partial charge in [-0.3, -0.25) is 10.00 Å². The van der Waals surface area contributed by atoms with Crippen LogP contribution in [0.2, 0.25) is 0 Å². The van der Waals surface area contributed by atoms with Gasteiger partial charge in [-0.05, 0) is 12.1 Å². The van der Waals surface area contributed by atoms with Gasteiger partial charge in [0.25, 0.3) is 0 Å². The van der Waals surface area contributed by atoms with Crippen LogP contribution in [0.5, 0.6) is 5.75 Å². The second kappa shape index (κ2) is 3.73. The van der Waals surface area contributed by atoms with Crippen LogP contribution in [0.25, 0.3) is 10.9 Å². The van der Waals surface area contributed by atoms with Gasteiger partial charge in [-0.1, -0.05) is 0 Å². The summed E-state index contributed by atoms with van der Waals surface area (Å²) in [5, 5.41) is 15.9. The average Bonchev–Trinajstić information content (AvgIpc) is 2.59. The van der Waals surface area contributed by atoms with Crippen LogP contribution in [0.3, 0.4) is 0 Å². The largest absolute Gasteiger partial charge is 0.494 e. The summed E-state index contributed by atoms with van der Waals surface area (Å²) in [6.07, 6.45) is 0.638. The molecule has 6 heteroatoms. The Labute approximate surface area is 91.4 Å². The van der Waals surface area contributed by atoms with Crippen molar-refractivity contribution < 1.29 is 14.6 Å². The van der Waals surface area contributed by atoms with Gasteiger partial charge in [0, 0.05) is 18.6 Å². The van der Waals surface area contributed by atoms with Gasteiger partial charge < -0.3 is 9.84 Å². The van der Waals surface area contributed by atoms with Gasteiger partial charge in [-0.25, -0.2) is 4.79 Å². The highest BCUT2D eigenvalue weighted by atomic mass is 16.5. The molecule has 0 atom stereocenters. The van der Waals surface area contributed by atoms with Crippen LogP contribution in [0.15, 0.2) is 18.3 Å². The number of amides is 1. The number of hydrogen-bond donors (Lipinski definition) is 2. The van der Waals surface area contributed by atoms with Gasteiger partial charge in [0.1, 0.15) is 11.3 Å². The second-order valence-electron chi connectivity index (χ2n) is 3.31. The summed E-state index contributed by atoms with van der Waals surface area (Å²) in [7, 11) is 3.32. The predicted octanol–water partition coefficient (Wildman–Crippen LogP) is 1.67. The third-order valence-corrected chi connectivity index (χ3v) is 2.22. The number of aryl methyl sites for hydroxylation is 1. The number of fused-ring (bicyclic) bond motifs is 1. The van der Waals surface area contributed by atoms with E-state index in [0.717, 1.165) is 0 Å². The number of carboxylic acid groups (broad SMARTS) is 1. The Balaban J connectivity index is 2.64. The number of hydrogen-bond acceptors (Lipinski definition) is 3. The van der Waals surface area contributed by atoms with Gasteiger partial charge >= 0.3 is 6.09 Å². The molecule has 1 amide bonds. The van der Waals surface area contributed by atoms with E-state index in [4.69, 9.17) is 9.84 Å². The van der Waals surface area contributed by atoms with Crippen molar-refractivity contribution >= 4 is 22.7 Å². The van der Waals surface area contributed by atoms with E-state index >= 15 is 0 Å². The van der Waals surface area contributed by atoms with Crippen molar-refractivity contribution in [1.29, 1.82) is 0 Å². The van der Waals surface area contributed by atoms with Crippen LogP contribution in [0.1, 0.15) is 0 Å². The maximum atomic E-state index is 10.6. The van der Waals surface area contributed by atoms with E-state index in [1.165, 1.54) is 0 Å². The lowest BCUT2D eigenvalue weighted by molar-refractivity contribution is 0.210. The smallest absolute Gasteiger partial charge is 0.409 e. The van der Waals surface area contributed by atoms with Crippen LogP contribution in [0, 0.1) is 0 Å². The molecular weight excluding hydrogens is 210 g/mol. The Morgan fingerprint density at radius 3 is 2.94 bits per heavy atom. The van der Waals surface area contributed by atoms with Gasteiger partial charge in [0.15, 0.2) is 0 Å². The van der Waals surface area contributed by atoms with E-state index in [1.807, 2.05) is 0 Å². The summed E-state index contributed by atoms with van der Waals surface area (Å²) < 4.78 is 6.76. The molecule has 6 nitrogen and oxygen atoms in total. The lowest BCUT2D eigenvalue weighted by Gasteiger charge is -2.04. The topological polar surface area (TPSA) is 76.4 Å². The van der Waals surface area contributed by atoms with Crippen molar-refractivity contribution in [2.75, 3.05) is 12.4 Å². The molecule has 0 spiro atoms. The fraction of sp³-hybridized carbons (Fsp3) is 0.200. The molecule has 0 fully saturated rings. The average molecular weight is 221 g/mol. The highest BCUT2D eigenvalue weighted by molar-refractivity contribution is 6.00. The maximum absolute atomic E-state index is 10.6. The minimum absolute atomic E-state index is 0.497. The molecule has 1 heterocycles. The zero-order chi connectivity index (χ0) is 11.7. The number of nitrogens with zero attached hydrogens (tertiary/aromatic N) is 2. The second-order valence-corrected chi connectivity index (χ2v) is 3.31. The zero-order valence-electron chi connectivity index (χ0n) is 8.89. The maximum Gasteiger partial charge on any atom is 0.409 e. The number of methoxy groups -OCH3 is 1. The Kier molecular flexibility index (Phi) is 2.40. The summed E-state index contributed by atoms with van der Waals surface area (Å²) in [5.41, 5.74) is 1.13. The summed E-state index contributed by atoms with van der Waals surface area (Å²) in [4.78, 5) is 10.6. The molecule has 2 rings (SSSR count). The van der Waals surface area contributed by atoms with Crippen LogP contribution in [-0.2, 0) is 7.05 Å². The molecule has 0 saturated carbocycles. The first-order valence-corrected chi connectivity index (χ1v) is 4.62. The highest BCUT2D eigenvalue weighted by Crippen LogP contribution is 2.30. The van der Waals surface area contributed by atoms with E-state index in [1.54, 1.807) is 37.2 Å². The number of anilines is 1. The van der Waals surface area contributed by atoms with E-state index in [0.29, 0.717) is 22.3 Å². The first kappa shape index (κ1) is 10.3. The minimum Gasteiger partial charge on any atom is -0.494 e. The van der Waals surface area contributed by atoms with Gasteiger partial charge in [0.2, 0.25) is 0 Å². The fourth-order valence-corrected chi connectivity index (χ4v) is 1.58. The third kappa shape index (κ3) is 1.65. The SMILES string of the molecule is COc1ccc(NC(=O)O)c2cn(C)nc12. The quantitative estimate of drug-likeness (QED) is 0.808. The highest BCUT2D eigenvalue weighted by Gasteiger charge is 2.11. The number of aromatic nitrogens is 2. The number of carbonyl (C=O) groups is 1. The fourth-order valence-electron chi connectivity index (χ4n) is 1.58. The number of rotatable bonds is 2. The van der Waals surface area contributed by atoms with Crippen molar-refractivity contribution in [2.24, 2.45) is 7.05 Å². The van der Waals surface area contributed by atoms with Crippen molar-refractivity contribution in [3.05, 3.63) is 18.3 Å². The zero-order valence-corrected chi connectivity index (χ0v) is 8.89. The van der Waals surface area contributed by atoms with Gasteiger partial charge in [0.05, 0.1) is 12.8 Å². The number of nitrogens with one attached hydrogen (secondary N) is 1. The summed E-state index contributed by atoms with van der Waals surface area (Å²) >= 11 is 0. The third-order valence-electron chi connectivity index (χ3n) is 2.22. The summed E-state index contributed by atoms with van der Waals surface area (Å²) in [6, 6.07) is 3.33. The Bertz CT molecular complexity index is 547. The van der Waals surface area contributed by atoms with Gasteiger partial charge in [-0.2, -0.15) is 5.10 Å². The Hall–Kier alpha value is -2.24. The summed E-state index contributed by atoms with van der Waals surface area (Å²) in [6.45, 7) is 0. The number of ether oxygens (including phenoxy) is 1. The summed E-state index contributed by atoms with van der Waals surface area (Å²) in [5.74, 6) is 0.617. The molecule has 0 aliphatic heterocycles. The molecule has 1 aromatic heterocycles. The Morgan fingerprint density at radius 1 is 1.56 bits per heavy atom. The van der Waals surface area contributed by atoms with Crippen LogP contribution < -0.4 is 10.1 Å². The molecular formula is C10H11N3O3. The molecule has 2 N–H and O–H groups in total. The van der Waals surface area contributed by atoms with Crippen LogP contribution in [0.4, 0.5) is 10.5 Å². The standard InChI is InChI=1S/C10H11N3O3/c1-13-5-6-7(11-10(14)15)3-4-8(16-2)9(6)12-13/h3-5,11H,1-2H3,(H,14,15). The molecule has 0 bridgehead atoms. The van der Waals surface area contributed by atoms with E-state index in [-0.39, 0.29) is 0 Å². The molecule has 0 aliphatic rings. The van der Waals surface area contributed by atoms with E-state index in [2.05, 4.69) is 10.4 Å².